The maximum atomic E-state index is 13.6. The van der Waals surface area contributed by atoms with E-state index in [2.05, 4.69) is 10.6 Å². The molecular formula is C26H27N3O5S2. The molecule has 0 unspecified atom stereocenters. The van der Waals surface area contributed by atoms with E-state index < -0.39 is 16.0 Å². The monoisotopic (exact) mass is 525 g/mol. The van der Waals surface area contributed by atoms with Gasteiger partial charge in [0.1, 0.15) is 0 Å². The summed E-state index contributed by atoms with van der Waals surface area (Å²) in [6, 6.07) is 13.1. The SMILES string of the molecule is CCCCNC(=O)Nc1ccc(S(=O)(=O)n2cc(CCC(=O)O)c3cc(-c4ccsc4)ccc32)cc1. The van der Waals surface area contributed by atoms with Crippen LogP contribution in [0.15, 0.2) is 70.4 Å². The third-order valence-electron chi connectivity index (χ3n) is 5.80. The van der Waals surface area contributed by atoms with Gasteiger partial charge in [-0.25, -0.2) is 17.2 Å². The number of urea groups is 1. The lowest BCUT2D eigenvalue weighted by Crippen LogP contribution is -2.29. The lowest BCUT2D eigenvalue weighted by molar-refractivity contribution is -0.136. The summed E-state index contributed by atoms with van der Waals surface area (Å²) < 4.78 is 28.3. The van der Waals surface area contributed by atoms with Crippen LogP contribution in [0, 0.1) is 0 Å². The molecule has 0 saturated heterocycles. The van der Waals surface area contributed by atoms with Gasteiger partial charge in [0.2, 0.25) is 0 Å². The van der Waals surface area contributed by atoms with E-state index in [0.29, 0.717) is 28.7 Å². The molecule has 0 aliphatic rings. The minimum absolute atomic E-state index is 0.0584. The van der Waals surface area contributed by atoms with Crippen molar-refractivity contribution in [3.05, 3.63) is 71.1 Å². The Morgan fingerprint density at radius 1 is 1.06 bits per heavy atom. The first-order valence-corrected chi connectivity index (χ1v) is 14.0. The number of hydrogen-bond donors (Lipinski definition) is 3. The summed E-state index contributed by atoms with van der Waals surface area (Å²) in [5.74, 6) is -0.949. The number of aryl methyl sites for hydroxylation is 1. The molecule has 4 rings (SSSR count). The van der Waals surface area contributed by atoms with Crippen LogP contribution in [0.1, 0.15) is 31.7 Å². The molecule has 0 spiro atoms. The zero-order chi connectivity index (χ0) is 25.7. The molecule has 0 radical (unpaired) electrons. The third kappa shape index (κ3) is 5.60. The zero-order valence-corrected chi connectivity index (χ0v) is 21.4. The van der Waals surface area contributed by atoms with Crippen molar-refractivity contribution in [1.29, 1.82) is 0 Å². The van der Waals surface area contributed by atoms with Gasteiger partial charge in [-0.05, 0) is 82.8 Å². The molecular weight excluding hydrogens is 498 g/mol. The Morgan fingerprint density at radius 2 is 1.83 bits per heavy atom. The van der Waals surface area contributed by atoms with Gasteiger partial charge in [-0.2, -0.15) is 11.3 Å². The highest BCUT2D eigenvalue weighted by Crippen LogP contribution is 2.32. The molecule has 2 amide bonds. The van der Waals surface area contributed by atoms with Gasteiger partial charge in [-0.1, -0.05) is 19.4 Å². The molecule has 3 N–H and O–H groups in total. The van der Waals surface area contributed by atoms with E-state index >= 15 is 0 Å². The van der Waals surface area contributed by atoms with Gasteiger partial charge in [-0.15, -0.1) is 0 Å². The fourth-order valence-electron chi connectivity index (χ4n) is 3.89. The van der Waals surface area contributed by atoms with Crippen LogP contribution in [0.3, 0.4) is 0 Å². The second-order valence-electron chi connectivity index (χ2n) is 8.35. The molecule has 0 bridgehead atoms. The number of hydrogen-bond acceptors (Lipinski definition) is 5. The lowest BCUT2D eigenvalue weighted by atomic mass is 10.0. The highest BCUT2D eigenvalue weighted by atomic mass is 32.2. The van der Waals surface area contributed by atoms with Crippen molar-refractivity contribution in [2.45, 2.75) is 37.5 Å². The molecule has 0 aliphatic carbocycles. The number of amides is 2. The lowest BCUT2D eigenvalue weighted by Gasteiger charge is -2.10. The number of thiophene rings is 1. The summed E-state index contributed by atoms with van der Waals surface area (Å²) in [5.41, 5.74) is 3.55. The van der Waals surface area contributed by atoms with Crippen LogP contribution < -0.4 is 10.6 Å². The van der Waals surface area contributed by atoms with Crippen LogP contribution in [0.5, 0.6) is 0 Å². The number of aliphatic carboxylic acids is 1. The molecule has 8 nitrogen and oxygen atoms in total. The number of aromatic nitrogens is 1. The quantitative estimate of drug-likeness (QED) is 0.235. The second-order valence-corrected chi connectivity index (χ2v) is 10.9. The van der Waals surface area contributed by atoms with Crippen molar-refractivity contribution in [2.75, 3.05) is 11.9 Å². The van der Waals surface area contributed by atoms with Gasteiger partial charge in [0.25, 0.3) is 10.0 Å². The smallest absolute Gasteiger partial charge is 0.319 e. The van der Waals surface area contributed by atoms with Crippen LogP contribution in [-0.4, -0.2) is 36.0 Å². The van der Waals surface area contributed by atoms with E-state index in [-0.39, 0.29) is 23.8 Å². The van der Waals surface area contributed by atoms with Crippen LogP contribution >= 0.6 is 11.3 Å². The number of benzene rings is 2. The molecule has 0 saturated carbocycles. The Balaban J connectivity index is 1.66. The largest absolute Gasteiger partial charge is 0.481 e. The summed E-state index contributed by atoms with van der Waals surface area (Å²) in [4.78, 5) is 23.2. The Hall–Kier alpha value is -3.63. The molecule has 0 fully saturated rings. The summed E-state index contributed by atoms with van der Waals surface area (Å²) in [6.07, 6.45) is 3.44. The number of nitrogens with one attached hydrogen (secondary N) is 2. The highest BCUT2D eigenvalue weighted by Gasteiger charge is 2.22. The maximum absolute atomic E-state index is 13.6. The Morgan fingerprint density at radius 3 is 2.50 bits per heavy atom. The molecule has 2 heterocycles. The average molecular weight is 526 g/mol. The van der Waals surface area contributed by atoms with E-state index in [1.807, 2.05) is 35.9 Å². The summed E-state index contributed by atoms with van der Waals surface area (Å²) in [7, 11) is -3.97. The fraction of sp³-hybridized carbons (Fsp3) is 0.231. The molecule has 0 aliphatic heterocycles. The number of unbranched alkanes of at least 4 members (excludes halogenated alkanes) is 1. The number of nitrogens with zero attached hydrogens (tertiary/aromatic N) is 1. The number of fused-ring (bicyclic) bond motifs is 1. The number of carboxylic acid groups (broad SMARTS) is 1. The van der Waals surface area contributed by atoms with Gasteiger partial charge in [0.15, 0.2) is 0 Å². The Bertz CT molecular complexity index is 1470. The van der Waals surface area contributed by atoms with E-state index in [4.69, 9.17) is 0 Å². The standard InChI is InChI=1S/C26H27N3O5S2/c1-2-3-13-27-26(32)28-21-6-8-22(9-7-21)36(33,34)29-16-19(5-11-25(30)31)23-15-18(4-10-24(23)29)20-12-14-35-17-20/h4,6-10,12,14-17H,2-3,5,11,13H2,1H3,(H,30,31)(H2,27,28,32). The zero-order valence-electron chi connectivity index (χ0n) is 19.7. The number of rotatable bonds is 10. The summed E-state index contributed by atoms with van der Waals surface area (Å²) in [5, 5.41) is 19.3. The number of anilines is 1. The van der Waals surface area contributed by atoms with E-state index in [0.717, 1.165) is 24.0 Å². The van der Waals surface area contributed by atoms with Gasteiger partial charge >= 0.3 is 12.0 Å². The predicted molar refractivity (Wildman–Crippen MR) is 142 cm³/mol. The number of carbonyl (C=O) groups excluding carboxylic acids is 1. The normalized spacial score (nSPS) is 11.5. The van der Waals surface area contributed by atoms with Crippen LogP contribution in [-0.2, 0) is 21.2 Å². The first kappa shape index (κ1) is 25.5. The van der Waals surface area contributed by atoms with Crippen LogP contribution in [0.25, 0.3) is 22.0 Å². The number of carbonyl (C=O) groups is 2. The second kappa shape index (κ2) is 11.0. The van der Waals surface area contributed by atoms with Crippen molar-refractivity contribution in [3.8, 4) is 11.1 Å². The first-order chi connectivity index (χ1) is 17.3. The summed E-state index contributed by atoms with van der Waals surface area (Å²) in [6.45, 7) is 2.60. The predicted octanol–water partition coefficient (Wildman–Crippen LogP) is 5.55. The minimum atomic E-state index is -3.97. The molecule has 10 heteroatoms. The molecule has 2 aromatic heterocycles. The Labute approximate surface area is 213 Å². The van der Waals surface area contributed by atoms with Crippen molar-refractivity contribution in [2.24, 2.45) is 0 Å². The van der Waals surface area contributed by atoms with Crippen LogP contribution in [0.2, 0.25) is 0 Å². The Kier molecular flexibility index (Phi) is 7.76. The number of carboxylic acids is 1. The molecule has 4 aromatic rings. The highest BCUT2D eigenvalue weighted by molar-refractivity contribution is 7.90. The van der Waals surface area contributed by atoms with Crippen molar-refractivity contribution in [3.63, 3.8) is 0 Å². The summed E-state index contributed by atoms with van der Waals surface area (Å²) >= 11 is 1.57. The van der Waals surface area contributed by atoms with Gasteiger partial charge in [-0.3, -0.25) is 4.79 Å². The van der Waals surface area contributed by atoms with Crippen molar-refractivity contribution in [1.82, 2.24) is 9.29 Å². The molecule has 2 aromatic carbocycles. The fourth-order valence-corrected chi connectivity index (χ4v) is 5.95. The minimum Gasteiger partial charge on any atom is -0.481 e. The van der Waals surface area contributed by atoms with E-state index in [1.165, 1.54) is 34.4 Å². The van der Waals surface area contributed by atoms with Crippen molar-refractivity contribution < 1.29 is 23.1 Å². The van der Waals surface area contributed by atoms with E-state index in [1.54, 1.807) is 17.4 Å². The molecule has 188 valence electrons. The first-order valence-electron chi connectivity index (χ1n) is 11.6. The molecule has 36 heavy (non-hydrogen) atoms. The topological polar surface area (TPSA) is 118 Å². The van der Waals surface area contributed by atoms with E-state index in [9.17, 15) is 23.1 Å². The average Bonchev–Trinajstić information content (AvgIpc) is 3.51. The van der Waals surface area contributed by atoms with Crippen LogP contribution in [0.4, 0.5) is 10.5 Å². The third-order valence-corrected chi connectivity index (χ3v) is 8.17. The van der Waals surface area contributed by atoms with Gasteiger partial charge < -0.3 is 15.7 Å². The maximum Gasteiger partial charge on any atom is 0.319 e. The van der Waals surface area contributed by atoms with Crippen molar-refractivity contribution >= 4 is 50.0 Å². The molecule has 0 atom stereocenters. The van der Waals surface area contributed by atoms with Gasteiger partial charge in [0, 0.05) is 30.2 Å². The van der Waals surface area contributed by atoms with Gasteiger partial charge in [0.05, 0.1) is 10.4 Å².